The van der Waals surface area contributed by atoms with Gasteiger partial charge < -0.3 is 10.3 Å². The van der Waals surface area contributed by atoms with Crippen molar-refractivity contribution in [3.8, 4) is 0 Å². The van der Waals surface area contributed by atoms with Gasteiger partial charge in [-0.2, -0.15) is 0 Å². The summed E-state index contributed by atoms with van der Waals surface area (Å²) < 4.78 is 13.7. The molecule has 20 heavy (non-hydrogen) atoms. The van der Waals surface area contributed by atoms with Crippen LogP contribution in [0.25, 0.3) is 10.9 Å². The SMILES string of the molecule is Cc1ccc(NC(=O)c2cc3ccccc3[nH]2)c(F)c1. The van der Waals surface area contributed by atoms with E-state index in [2.05, 4.69) is 10.3 Å². The minimum atomic E-state index is -0.436. The molecule has 0 atom stereocenters. The third kappa shape index (κ3) is 2.28. The second-order valence-electron chi connectivity index (χ2n) is 4.71. The van der Waals surface area contributed by atoms with E-state index in [4.69, 9.17) is 0 Å². The highest BCUT2D eigenvalue weighted by atomic mass is 19.1. The summed E-state index contributed by atoms with van der Waals surface area (Å²) >= 11 is 0. The molecule has 0 fully saturated rings. The molecule has 1 aromatic heterocycles. The van der Waals surface area contributed by atoms with Crippen molar-refractivity contribution in [3.63, 3.8) is 0 Å². The number of benzene rings is 2. The Labute approximate surface area is 115 Å². The number of nitrogens with one attached hydrogen (secondary N) is 2. The minimum Gasteiger partial charge on any atom is -0.351 e. The van der Waals surface area contributed by atoms with Crippen molar-refractivity contribution in [2.45, 2.75) is 6.92 Å². The van der Waals surface area contributed by atoms with Gasteiger partial charge in [0, 0.05) is 10.9 Å². The van der Waals surface area contributed by atoms with E-state index in [1.807, 2.05) is 24.3 Å². The maximum atomic E-state index is 13.7. The zero-order chi connectivity index (χ0) is 14.1. The third-order valence-electron chi connectivity index (χ3n) is 3.15. The van der Waals surface area contributed by atoms with E-state index in [-0.39, 0.29) is 11.6 Å². The summed E-state index contributed by atoms with van der Waals surface area (Å²) in [5.41, 5.74) is 2.28. The van der Waals surface area contributed by atoms with E-state index in [1.54, 1.807) is 25.1 Å². The Kier molecular flexibility index (Phi) is 2.99. The van der Waals surface area contributed by atoms with E-state index in [1.165, 1.54) is 6.07 Å². The van der Waals surface area contributed by atoms with Crippen LogP contribution in [0.3, 0.4) is 0 Å². The molecule has 100 valence electrons. The Morgan fingerprint density at radius 3 is 2.70 bits per heavy atom. The molecule has 0 saturated carbocycles. The number of amides is 1. The number of rotatable bonds is 2. The predicted octanol–water partition coefficient (Wildman–Crippen LogP) is 3.87. The zero-order valence-corrected chi connectivity index (χ0v) is 10.9. The Hall–Kier alpha value is -2.62. The van der Waals surface area contributed by atoms with Crippen LogP contribution in [-0.2, 0) is 0 Å². The molecule has 1 amide bonds. The molecular weight excluding hydrogens is 255 g/mol. The second kappa shape index (κ2) is 4.81. The molecule has 0 spiro atoms. The van der Waals surface area contributed by atoms with Crippen molar-refractivity contribution in [2.24, 2.45) is 0 Å². The molecule has 2 N–H and O–H groups in total. The van der Waals surface area contributed by atoms with Crippen molar-refractivity contribution in [2.75, 3.05) is 5.32 Å². The van der Waals surface area contributed by atoms with E-state index in [0.29, 0.717) is 5.69 Å². The molecule has 0 aliphatic rings. The normalized spacial score (nSPS) is 10.7. The van der Waals surface area contributed by atoms with Gasteiger partial charge in [0.1, 0.15) is 11.5 Å². The molecule has 0 unspecified atom stereocenters. The first kappa shape index (κ1) is 12.4. The van der Waals surface area contributed by atoms with Crippen LogP contribution in [-0.4, -0.2) is 10.9 Å². The van der Waals surface area contributed by atoms with Crippen molar-refractivity contribution >= 4 is 22.5 Å². The number of hydrogen-bond donors (Lipinski definition) is 2. The second-order valence-corrected chi connectivity index (χ2v) is 4.71. The molecule has 1 heterocycles. The maximum absolute atomic E-state index is 13.7. The molecule has 3 rings (SSSR count). The average Bonchev–Trinajstić information content (AvgIpc) is 2.86. The van der Waals surface area contributed by atoms with Gasteiger partial charge >= 0.3 is 0 Å². The van der Waals surface area contributed by atoms with Gasteiger partial charge in [-0.25, -0.2) is 4.39 Å². The van der Waals surface area contributed by atoms with Crippen LogP contribution in [0.2, 0.25) is 0 Å². The largest absolute Gasteiger partial charge is 0.351 e. The van der Waals surface area contributed by atoms with E-state index in [0.717, 1.165) is 16.5 Å². The smallest absolute Gasteiger partial charge is 0.272 e. The van der Waals surface area contributed by atoms with Crippen LogP contribution in [0.1, 0.15) is 16.1 Å². The number of aromatic nitrogens is 1. The Balaban J connectivity index is 1.89. The molecule has 3 nitrogen and oxygen atoms in total. The highest BCUT2D eigenvalue weighted by Crippen LogP contribution is 2.18. The summed E-state index contributed by atoms with van der Waals surface area (Å²) in [5.74, 6) is -0.793. The maximum Gasteiger partial charge on any atom is 0.272 e. The third-order valence-corrected chi connectivity index (χ3v) is 3.15. The quantitative estimate of drug-likeness (QED) is 0.728. The topological polar surface area (TPSA) is 44.9 Å². The highest BCUT2D eigenvalue weighted by Gasteiger charge is 2.11. The number of carbonyl (C=O) groups is 1. The fourth-order valence-corrected chi connectivity index (χ4v) is 2.11. The number of H-pyrrole nitrogens is 1. The lowest BCUT2D eigenvalue weighted by atomic mass is 10.2. The van der Waals surface area contributed by atoms with Gasteiger partial charge in [-0.05, 0) is 36.8 Å². The molecule has 0 bridgehead atoms. The van der Waals surface area contributed by atoms with Crippen LogP contribution in [0.5, 0.6) is 0 Å². The Bertz CT molecular complexity index is 759. The number of para-hydroxylation sites is 1. The van der Waals surface area contributed by atoms with Gasteiger partial charge in [0.25, 0.3) is 5.91 Å². The molecule has 0 saturated heterocycles. The number of carbonyl (C=O) groups excluding carboxylic acids is 1. The van der Waals surface area contributed by atoms with E-state index >= 15 is 0 Å². The van der Waals surface area contributed by atoms with Gasteiger partial charge in [-0.3, -0.25) is 4.79 Å². The van der Waals surface area contributed by atoms with Crippen molar-refractivity contribution in [1.82, 2.24) is 4.98 Å². The van der Waals surface area contributed by atoms with Gasteiger partial charge in [0.15, 0.2) is 0 Å². The predicted molar refractivity (Wildman–Crippen MR) is 77.4 cm³/mol. The van der Waals surface area contributed by atoms with E-state index < -0.39 is 5.82 Å². The summed E-state index contributed by atoms with van der Waals surface area (Å²) in [6.07, 6.45) is 0. The minimum absolute atomic E-state index is 0.180. The first-order valence-electron chi connectivity index (χ1n) is 6.29. The summed E-state index contributed by atoms with van der Waals surface area (Å²) in [4.78, 5) is 15.1. The molecule has 0 radical (unpaired) electrons. The van der Waals surface area contributed by atoms with E-state index in [9.17, 15) is 9.18 Å². The van der Waals surface area contributed by atoms with Gasteiger partial charge in [0.05, 0.1) is 5.69 Å². The van der Waals surface area contributed by atoms with Crippen LogP contribution < -0.4 is 5.32 Å². The summed E-state index contributed by atoms with van der Waals surface area (Å²) in [5, 5.41) is 3.52. The fraction of sp³-hybridized carbons (Fsp3) is 0.0625. The summed E-state index contributed by atoms with van der Waals surface area (Å²) in [6.45, 7) is 1.80. The summed E-state index contributed by atoms with van der Waals surface area (Å²) in [7, 11) is 0. The molecule has 0 aliphatic heterocycles. The molecule has 4 heteroatoms. The number of anilines is 1. The van der Waals surface area contributed by atoms with Gasteiger partial charge in [0.2, 0.25) is 0 Å². The number of aryl methyl sites for hydroxylation is 1. The van der Waals surface area contributed by atoms with Gasteiger partial charge in [-0.15, -0.1) is 0 Å². The first-order valence-corrected chi connectivity index (χ1v) is 6.29. The molecule has 2 aromatic carbocycles. The highest BCUT2D eigenvalue weighted by molar-refractivity contribution is 6.05. The number of fused-ring (bicyclic) bond motifs is 1. The Morgan fingerprint density at radius 1 is 1.15 bits per heavy atom. The number of halogens is 1. The van der Waals surface area contributed by atoms with Gasteiger partial charge in [-0.1, -0.05) is 24.3 Å². The molecular formula is C16H13FN2O. The van der Waals surface area contributed by atoms with Crippen LogP contribution in [0.4, 0.5) is 10.1 Å². The monoisotopic (exact) mass is 268 g/mol. The lowest BCUT2D eigenvalue weighted by Crippen LogP contribution is -2.13. The summed E-state index contributed by atoms with van der Waals surface area (Å²) in [6, 6.07) is 14.0. The van der Waals surface area contributed by atoms with Crippen molar-refractivity contribution < 1.29 is 9.18 Å². The lowest BCUT2D eigenvalue weighted by Gasteiger charge is -2.05. The number of aromatic amines is 1. The van der Waals surface area contributed by atoms with Crippen molar-refractivity contribution in [3.05, 3.63) is 65.6 Å². The number of hydrogen-bond acceptors (Lipinski definition) is 1. The first-order chi connectivity index (χ1) is 9.63. The molecule has 3 aromatic rings. The Morgan fingerprint density at radius 2 is 1.95 bits per heavy atom. The van der Waals surface area contributed by atoms with Crippen LogP contribution in [0.15, 0.2) is 48.5 Å². The fourth-order valence-electron chi connectivity index (χ4n) is 2.11. The molecule has 0 aliphatic carbocycles. The lowest BCUT2D eigenvalue weighted by molar-refractivity contribution is 0.102. The zero-order valence-electron chi connectivity index (χ0n) is 10.9. The van der Waals surface area contributed by atoms with Crippen LogP contribution >= 0.6 is 0 Å². The van der Waals surface area contributed by atoms with Crippen LogP contribution in [0, 0.1) is 12.7 Å². The van der Waals surface area contributed by atoms with Crippen molar-refractivity contribution in [1.29, 1.82) is 0 Å². The average molecular weight is 268 g/mol. The standard InChI is InChI=1S/C16H13FN2O/c1-10-6-7-14(12(17)8-10)19-16(20)15-9-11-4-2-3-5-13(11)18-15/h2-9,18H,1H3,(H,19,20).